The van der Waals surface area contributed by atoms with Crippen LogP contribution in [0.25, 0.3) is 0 Å². The van der Waals surface area contributed by atoms with Gasteiger partial charge in [0.2, 0.25) is 11.8 Å². The first kappa shape index (κ1) is 19.2. The molecular formula is C20H34N4O3. The number of hydrogen-bond acceptors (Lipinski definition) is 5. The highest BCUT2D eigenvalue weighted by atomic mass is 16.3. The van der Waals surface area contributed by atoms with E-state index < -0.39 is 0 Å². The molecule has 1 aliphatic carbocycles. The summed E-state index contributed by atoms with van der Waals surface area (Å²) in [6.45, 7) is 5.35. The number of primary amides is 1. The molecule has 1 saturated carbocycles. The number of aliphatic hydroxyl groups is 1. The van der Waals surface area contributed by atoms with E-state index in [4.69, 9.17) is 5.73 Å². The third-order valence-electron chi connectivity index (χ3n) is 7.87. The van der Waals surface area contributed by atoms with Gasteiger partial charge in [0.25, 0.3) is 0 Å². The fourth-order valence-electron chi connectivity index (χ4n) is 6.48. The van der Waals surface area contributed by atoms with Crippen molar-refractivity contribution in [3.63, 3.8) is 0 Å². The van der Waals surface area contributed by atoms with Crippen LogP contribution in [0.15, 0.2) is 0 Å². The highest BCUT2D eigenvalue weighted by Gasteiger charge is 2.57. The number of likely N-dealkylation sites (tertiary alicyclic amines) is 3. The minimum Gasteiger partial charge on any atom is -0.392 e. The van der Waals surface area contributed by atoms with Gasteiger partial charge in [-0.3, -0.25) is 19.4 Å². The molecule has 4 fully saturated rings. The minimum atomic E-state index is -0.336. The number of carbonyl (C=O) groups excluding carboxylic acids is 2. The molecule has 0 unspecified atom stereocenters. The van der Waals surface area contributed by atoms with Gasteiger partial charge in [0.05, 0.1) is 18.6 Å². The van der Waals surface area contributed by atoms with E-state index in [2.05, 4.69) is 18.9 Å². The number of nitrogens with two attached hydrogens (primary N) is 1. The standard InChI is InChI=1S/C20H34N4O3/c1-20-8-15-11-24(10-13(18(20)26)5-6-16(20)22(15)2)19(27)14-4-3-7-23(9-14)12-17(21)25/h13-16,18,26H,3-12H2,1-2H3,(H2,21,25)/t13-,14+,15-,16-,18+,20-/m0/s1. The van der Waals surface area contributed by atoms with E-state index in [0.717, 1.165) is 45.2 Å². The molecule has 3 saturated heterocycles. The smallest absolute Gasteiger partial charge is 0.231 e. The van der Waals surface area contributed by atoms with Crippen LogP contribution in [0.5, 0.6) is 0 Å². The molecule has 2 amide bonds. The van der Waals surface area contributed by atoms with Crippen LogP contribution in [-0.4, -0.2) is 89.6 Å². The summed E-state index contributed by atoms with van der Waals surface area (Å²) >= 11 is 0. The Morgan fingerprint density at radius 1 is 1.19 bits per heavy atom. The predicted molar refractivity (Wildman–Crippen MR) is 102 cm³/mol. The third-order valence-corrected chi connectivity index (χ3v) is 7.87. The van der Waals surface area contributed by atoms with Gasteiger partial charge in [-0.05, 0) is 45.7 Å². The van der Waals surface area contributed by atoms with Crippen molar-refractivity contribution in [3.8, 4) is 0 Å². The monoisotopic (exact) mass is 378 g/mol. The van der Waals surface area contributed by atoms with Crippen LogP contribution in [0.2, 0.25) is 0 Å². The molecule has 4 rings (SSSR count). The minimum absolute atomic E-state index is 0.0411. The van der Waals surface area contributed by atoms with Crippen molar-refractivity contribution in [1.82, 2.24) is 14.7 Å². The molecule has 152 valence electrons. The molecule has 3 bridgehead atoms. The van der Waals surface area contributed by atoms with Crippen molar-refractivity contribution in [3.05, 3.63) is 0 Å². The number of likely N-dealkylation sites (N-methyl/N-ethyl adjacent to an activating group) is 1. The molecule has 3 heterocycles. The van der Waals surface area contributed by atoms with Crippen molar-refractivity contribution in [2.75, 3.05) is 39.8 Å². The summed E-state index contributed by atoms with van der Waals surface area (Å²) in [4.78, 5) is 31.1. The number of amides is 2. The summed E-state index contributed by atoms with van der Waals surface area (Å²) in [5, 5.41) is 11.1. The quantitative estimate of drug-likeness (QED) is 0.714. The third kappa shape index (κ3) is 3.28. The van der Waals surface area contributed by atoms with Crippen molar-refractivity contribution >= 4 is 11.8 Å². The molecule has 3 N–H and O–H groups in total. The summed E-state index contributed by atoms with van der Waals surface area (Å²) in [6, 6.07) is 0.743. The zero-order valence-electron chi connectivity index (χ0n) is 16.6. The predicted octanol–water partition coefficient (Wildman–Crippen LogP) is -0.124. The van der Waals surface area contributed by atoms with Gasteiger partial charge in [-0.15, -0.1) is 0 Å². The summed E-state index contributed by atoms with van der Waals surface area (Å²) in [7, 11) is 2.16. The number of rotatable bonds is 3. The second-order valence-electron chi connectivity index (χ2n) is 9.61. The lowest BCUT2D eigenvalue weighted by Crippen LogP contribution is -2.55. The zero-order chi connectivity index (χ0) is 19.3. The lowest BCUT2D eigenvalue weighted by atomic mass is 9.64. The molecule has 0 spiro atoms. The number of piperidine rings is 1. The highest BCUT2D eigenvalue weighted by Crippen LogP contribution is 2.52. The Kier molecular flexibility index (Phi) is 4.97. The van der Waals surface area contributed by atoms with E-state index in [9.17, 15) is 14.7 Å². The van der Waals surface area contributed by atoms with E-state index in [1.807, 2.05) is 9.80 Å². The fraction of sp³-hybridized carbons (Fsp3) is 0.900. The maximum absolute atomic E-state index is 13.4. The van der Waals surface area contributed by atoms with Crippen LogP contribution < -0.4 is 5.73 Å². The normalized spacial score (nSPS) is 42.8. The SMILES string of the molecule is CN1[C@@H]2CN(C(=O)[C@@H]3CCCN(CC(N)=O)C3)C[C@@H]3CC[C@H]1[C@](C)(C2)[C@@H]3O. The van der Waals surface area contributed by atoms with Gasteiger partial charge >= 0.3 is 0 Å². The molecule has 6 atom stereocenters. The number of fused-ring (bicyclic) bond motifs is 2. The first-order valence-electron chi connectivity index (χ1n) is 10.5. The van der Waals surface area contributed by atoms with Crippen molar-refractivity contribution in [1.29, 1.82) is 0 Å². The molecule has 0 aromatic carbocycles. The maximum Gasteiger partial charge on any atom is 0.231 e. The second kappa shape index (κ2) is 7.01. The van der Waals surface area contributed by atoms with E-state index in [0.29, 0.717) is 25.2 Å². The Bertz CT molecular complexity index is 612. The van der Waals surface area contributed by atoms with Gasteiger partial charge in [-0.25, -0.2) is 0 Å². The summed E-state index contributed by atoms with van der Waals surface area (Å²) < 4.78 is 0. The molecule has 7 nitrogen and oxygen atoms in total. The van der Waals surface area contributed by atoms with Crippen LogP contribution in [0, 0.1) is 17.3 Å². The van der Waals surface area contributed by atoms with Crippen LogP contribution >= 0.6 is 0 Å². The Labute approximate surface area is 161 Å². The molecule has 0 radical (unpaired) electrons. The van der Waals surface area contributed by atoms with Crippen molar-refractivity contribution < 1.29 is 14.7 Å². The molecule has 0 aromatic heterocycles. The van der Waals surface area contributed by atoms with Crippen LogP contribution in [0.4, 0.5) is 0 Å². The number of hydrogen-bond donors (Lipinski definition) is 2. The Hall–Kier alpha value is -1.18. The van der Waals surface area contributed by atoms with E-state index in [-0.39, 0.29) is 41.7 Å². The van der Waals surface area contributed by atoms with Gasteiger partial charge in [0.1, 0.15) is 0 Å². The lowest BCUT2D eigenvalue weighted by molar-refractivity contribution is -0.142. The first-order valence-corrected chi connectivity index (χ1v) is 10.5. The molecule has 0 aromatic rings. The molecule has 7 heteroatoms. The van der Waals surface area contributed by atoms with Gasteiger partial charge in [0.15, 0.2) is 0 Å². The van der Waals surface area contributed by atoms with Gasteiger partial charge in [-0.2, -0.15) is 0 Å². The molecular weight excluding hydrogens is 344 g/mol. The van der Waals surface area contributed by atoms with Crippen LogP contribution in [0.1, 0.15) is 39.0 Å². The Morgan fingerprint density at radius 2 is 1.96 bits per heavy atom. The number of carbonyl (C=O) groups is 2. The zero-order valence-corrected chi connectivity index (χ0v) is 16.6. The molecule has 3 aliphatic heterocycles. The Balaban J connectivity index is 1.50. The number of aliphatic hydroxyl groups excluding tert-OH is 1. The van der Waals surface area contributed by atoms with Crippen molar-refractivity contribution in [2.24, 2.45) is 23.0 Å². The van der Waals surface area contributed by atoms with Gasteiger partial charge in [0, 0.05) is 43.1 Å². The van der Waals surface area contributed by atoms with E-state index in [1.165, 1.54) is 0 Å². The maximum atomic E-state index is 13.4. The van der Waals surface area contributed by atoms with E-state index >= 15 is 0 Å². The van der Waals surface area contributed by atoms with Crippen LogP contribution in [0.3, 0.4) is 0 Å². The largest absolute Gasteiger partial charge is 0.392 e. The number of nitrogens with zero attached hydrogens (tertiary/aromatic N) is 3. The Morgan fingerprint density at radius 3 is 2.70 bits per heavy atom. The lowest BCUT2D eigenvalue weighted by Gasteiger charge is -2.47. The second-order valence-corrected chi connectivity index (χ2v) is 9.61. The summed E-state index contributed by atoms with van der Waals surface area (Å²) in [5.41, 5.74) is 5.30. The topological polar surface area (TPSA) is 90.1 Å². The first-order chi connectivity index (χ1) is 12.8. The van der Waals surface area contributed by atoms with Gasteiger partial charge < -0.3 is 15.7 Å². The molecule has 4 aliphatic rings. The molecule has 27 heavy (non-hydrogen) atoms. The average molecular weight is 379 g/mol. The highest BCUT2D eigenvalue weighted by molar-refractivity contribution is 5.80. The van der Waals surface area contributed by atoms with Gasteiger partial charge in [-0.1, -0.05) is 6.92 Å². The van der Waals surface area contributed by atoms with Crippen molar-refractivity contribution in [2.45, 2.75) is 57.2 Å². The fourth-order valence-corrected chi connectivity index (χ4v) is 6.48. The summed E-state index contributed by atoms with van der Waals surface area (Å²) in [6.07, 6.45) is 4.53. The van der Waals surface area contributed by atoms with E-state index in [1.54, 1.807) is 0 Å². The average Bonchev–Trinajstić information content (AvgIpc) is 2.91. The van der Waals surface area contributed by atoms with Crippen LogP contribution in [-0.2, 0) is 9.59 Å². The summed E-state index contributed by atoms with van der Waals surface area (Å²) in [5.74, 6) is -0.0250.